The summed E-state index contributed by atoms with van der Waals surface area (Å²) in [6, 6.07) is 3.76. The van der Waals surface area contributed by atoms with Crippen LogP contribution in [0.1, 0.15) is 54.8 Å². The average Bonchev–Trinajstić information content (AvgIpc) is 2.64. The monoisotopic (exact) mass is 424 g/mol. The van der Waals surface area contributed by atoms with Gasteiger partial charge in [0.05, 0.1) is 24.8 Å². The van der Waals surface area contributed by atoms with Gasteiger partial charge in [-0.25, -0.2) is 0 Å². The van der Waals surface area contributed by atoms with E-state index in [1.807, 2.05) is 19.1 Å². The van der Waals surface area contributed by atoms with Crippen LogP contribution in [0.5, 0.6) is 0 Å². The molecule has 144 valence electrons. The Morgan fingerprint density at radius 3 is 2.77 bits per heavy atom. The molecule has 0 aromatic heterocycles. The third-order valence-corrected chi connectivity index (χ3v) is 6.58. The molecule has 1 aromatic carbocycles. The van der Waals surface area contributed by atoms with Crippen LogP contribution in [0.15, 0.2) is 16.6 Å². The number of aliphatic hydroxyl groups excluding tert-OH is 1. The summed E-state index contributed by atoms with van der Waals surface area (Å²) in [5.74, 6) is -0.0199. The fourth-order valence-electron chi connectivity index (χ4n) is 4.40. The Kier molecular flexibility index (Phi) is 6.38. The van der Waals surface area contributed by atoms with E-state index in [0.29, 0.717) is 13.1 Å². The molecule has 0 bridgehead atoms. The Morgan fingerprint density at radius 1 is 1.35 bits per heavy atom. The summed E-state index contributed by atoms with van der Waals surface area (Å²) < 4.78 is 1.04. The molecule has 1 unspecified atom stereocenters. The molecular formula is C20H29BrN2O3. The molecule has 1 amide bonds. The van der Waals surface area contributed by atoms with E-state index < -0.39 is 5.60 Å². The maximum atomic E-state index is 12.8. The van der Waals surface area contributed by atoms with Gasteiger partial charge in [0.2, 0.25) is 5.91 Å². The molecule has 1 aliphatic heterocycles. The Labute approximate surface area is 163 Å². The quantitative estimate of drug-likeness (QED) is 0.678. The van der Waals surface area contributed by atoms with Crippen molar-refractivity contribution in [3.05, 3.63) is 33.3 Å². The number of nitrogens with one attached hydrogen (secondary N) is 1. The van der Waals surface area contributed by atoms with Crippen LogP contribution in [0.4, 0.5) is 0 Å². The highest BCUT2D eigenvalue weighted by Gasteiger charge is 2.33. The van der Waals surface area contributed by atoms with Crippen molar-refractivity contribution < 1.29 is 15.0 Å². The van der Waals surface area contributed by atoms with Gasteiger partial charge in [-0.1, -0.05) is 41.3 Å². The number of aryl methyl sites for hydroxylation is 1. The number of amides is 1. The molecule has 1 saturated carbocycles. The Hall–Kier alpha value is -0.950. The number of hydrogen-bond donors (Lipinski definition) is 3. The number of carbonyl (C=O) groups excluding carboxylic acids is 1. The molecule has 1 fully saturated rings. The zero-order valence-corrected chi connectivity index (χ0v) is 17.0. The van der Waals surface area contributed by atoms with Crippen molar-refractivity contribution in [1.29, 1.82) is 0 Å². The van der Waals surface area contributed by atoms with Gasteiger partial charge in [0.15, 0.2) is 0 Å². The molecule has 1 aliphatic carbocycles. The van der Waals surface area contributed by atoms with Gasteiger partial charge in [-0.2, -0.15) is 0 Å². The van der Waals surface area contributed by atoms with Gasteiger partial charge in [-0.3, -0.25) is 4.79 Å². The minimum Gasteiger partial charge on any atom is -0.394 e. The number of hydrogen-bond acceptors (Lipinski definition) is 4. The number of rotatable bonds is 5. The summed E-state index contributed by atoms with van der Waals surface area (Å²) in [6.07, 6.45) is 5.67. The lowest BCUT2D eigenvalue weighted by atomic mass is 9.85. The predicted octanol–water partition coefficient (Wildman–Crippen LogP) is 2.46. The smallest absolute Gasteiger partial charge is 0.237 e. The van der Waals surface area contributed by atoms with Gasteiger partial charge >= 0.3 is 0 Å². The fraction of sp³-hybridized carbons (Fsp3) is 0.650. The molecule has 5 nitrogen and oxygen atoms in total. The van der Waals surface area contributed by atoms with Crippen molar-refractivity contribution in [1.82, 2.24) is 10.2 Å². The third kappa shape index (κ3) is 4.14. The van der Waals surface area contributed by atoms with Crippen molar-refractivity contribution in [3.63, 3.8) is 0 Å². The number of benzene rings is 1. The van der Waals surface area contributed by atoms with Gasteiger partial charge in [0.25, 0.3) is 0 Å². The van der Waals surface area contributed by atoms with E-state index in [1.54, 1.807) is 4.90 Å². The first-order valence-corrected chi connectivity index (χ1v) is 10.4. The van der Waals surface area contributed by atoms with Crippen molar-refractivity contribution in [2.75, 3.05) is 26.2 Å². The molecule has 0 saturated heterocycles. The van der Waals surface area contributed by atoms with Gasteiger partial charge in [0.1, 0.15) is 0 Å². The number of halogens is 1. The second-order valence-electron chi connectivity index (χ2n) is 7.68. The van der Waals surface area contributed by atoms with Crippen LogP contribution in [0.2, 0.25) is 0 Å². The second-order valence-corrected chi connectivity index (χ2v) is 8.53. The minimum atomic E-state index is -0.676. The van der Waals surface area contributed by atoms with Gasteiger partial charge in [-0.05, 0) is 48.9 Å². The number of carbonyl (C=O) groups is 1. The highest BCUT2D eigenvalue weighted by Crippen LogP contribution is 2.36. The average molecular weight is 425 g/mol. The van der Waals surface area contributed by atoms with Crippen molar-refractivity contribution in [2.45, 2.75) is 57.1 Å². The molecule has 3 N–H and O–H groups in total. The second kappa shape index (κ2) is 8.38. The molecule has 1 aromatic rings. The molecule has 3 rings (SSSR count). The zero-order chi connectivity index (χ0) is 18.7. The first-order valence-electron chi connectivity index (χ1n) is 9.56. The summed E-state index contributed by atoms with van der Waals surface area (Å²) in [7, 11) is 0. The Balaban J connectivity index is 1.65. The Morgan fingerprint density at radius 2 is 2.08 bits per heavy atom. The van der Waals surface area contributed by atoms with E-state index in [2.05, 4.69) is 21.2 Å². The summed E-state index contributed by atoms with van der Waals surface area (Å²) in [4.78, 5) is 14.6. The lowest BCUT2D eigenvalue weighted by molar-refractivity contribution is -0.134. The van der Waals surface area contributed by atoms with Gasteiger partial charge in [0, 0.05) is 17.6 Å². The highest BCUT2D eigenvalue weighted by molar-refractivity contribution is 9.10. The highest BCUT2D eigenvalue weighted by atomic mass is 79.9. The summed E-state index contributed by atoms with van der Waals surface area (Å²) in [5, 5.41) is 23.7. The van der Waals surface area contributed by atoms with E-state index in [-0.39, 0.29) is 25.1 Å². The number of fused-ring (bicyclic) bond motifs is 1. The third-order valence-electron chi connectivity index (χ3n) is 5.84. The summed E-state index contributed by atoms with van der Waals surface area (Å²) in [5.41, 5.74) is 2.68. The summed E-state index contributed by atoms with van der Waals surface area (Å²) in [6.45, 7) is 3.20. The molecule has 0 spiro atoms. The van der Waals surface area contributed by atoms with E-state index >= 15 is 0 Å². The topological polar surface area (TPSA) is 72.8 Å². The van der Waals surface area contributed by atoms with Crippen molar-refractivity contribution in [3.8, 4) is 0 Å². The Bertz CT molecular complexity index is 659. The van der Waals surface area contributed by atoms with Gasteiger partial charge in [-0.15, -0.1) is 0 Å². The van der Waals surface area contributed by atoms with E-state index in [4.69, 9.17) is 0 Å². The first-order chi connectivity index (χ1) is 12.4. The van der Waals surface area contributed by atoms with Crippen LogP contribution < -0.4 is 5.32 Å². The maximum Gasteiger partial charge on any atom is 0.237 e. The van der Waals surface area contributed by atoms with E-state index in [1.165, 1.54) is 12.0 Å². The first kappa shape index (κ1) is 19.8. The number of nitrogens with zero attached hydrogens (tertiary/aromatic N) is 1. The lowest BCUT2D eigenvalue weighted by Gasteiger charge is -2.38. The SMILES string of the molecule is Cc1ccc(Br)c2c1C(CO)N(C(=O)CNCC1(O)CCCCC1)CC2. The van der Waals surface area contributed by atoms with Crippen molar-refractivity contribution >= 4 is 21.8 Å². The molecule has 6 heteroatoms. The van der Waals surface area contributed by atoms with Crippen LogP contribution in [0.3, 0.4) is 0 Å². The van der Waals surface area contributed by atoms with E-state index in [0.717, 1.165) is 47.7 Å². The van der Waals surface area contributed by atoms with Crippen LogP contribution in [-0.4, -0.2) is 52.9 Å². The molecule has 2 aliphatic rings. The normalized spacial score (nSPS) is 22.2. The lowest BCUT2D eigenvalue weighted by Crippen LogP contribution is -2.49. The molecular weight excluding hydrogens is 396 g/mol. The van der Waals surface area contributed by atoms with Gasteiger partial charge < -0.3 is 20.4 Å². The van der Waals surface area contributed by atoms with Crippen LogP contribution in [0.25, 0.3) is 0 Å². The molecule has 1 heterocycles. The number of aliphatic hydroxyl groups is 2. The van der Waals surface area contributed by atoms with Crippen LogP contribution >= 0.6 is 15.9 Å². The van der Waals surface area contributed by atoms with E-state index in [9.17, 15) is 15.0 Å². The standard InChI is InChI=1S/C20H29BrN2O3/c1-14-5-6-16(21)15-7-10-23(17(12-24)19(14)15)18(25)11-22-13-20(26)8-3-2-4-9-20/h5-6,17,22,24,26H,2-4,7-13H2,1H3. The molecule has 0 radical (unpaired) electrons. The molecule has 26 heavy (non-hydrogen) atoms. The minimum absolute atomic E-state index is 0.0199. The fourth-order valence-corrected chi connectivity index (χ4v) is 4.94. The van der Waals surface area contributed by atoms with Crippen LogP contribution in [0, 0.1) is 6.92 Å². The predicted molar refractivity (Wildman–Crippen MR) is 105 cm³/mol. The maximum absolute atomic E-state index is 12.8. The van der Waals surface area contributed by atoms with Crippen LogP contribution in [-0.2, 0) is 11.2 Å². The van der Waals surface area contributed by atoms with Crippen molar-refractivity contribution in [2.24, 2.45) is 0 Å². The largest absolute Gasteiger partial charge is 0.394 e. The summed E-state index contributed by atoms with van der Waals surface area (Å²) >= 11 is 3.60. The molecule has 1 atom stereocenters. The zero-order valence-electron chi connectivity index (χ0n) is 15.4.